The average molecular weight is 777 g/mol. The SMILES string of the molecule is Cc1cc(NC(=O)[C@H]2[C@H](c3ccc(F)c(Cl)c3)C2(Cl)Cl)cc(C(=O)Nc2ccc(F)c(N(C(=O)OC(C)(C)C)C(=O)OC(C)(C)C)c2F)c1Cl. The molecule has 1 aliphatic rings. The van der Waals surface area contributed by atoms with Crippen LogP contribution < -0.4 is 15.5 Å². The molecule has 0 heterocycles. The van der Waals surface area contributed by atoms with E-state index >= 15 is 8.78 Å². The third-order valence-corrected chi connectivity index (χ3v) is 8.83. The van der Waals surface area contributed by atoms with Gasteiger partial charge in [0.1, 0.15) is 27.0 Å². The zero-order valence-electron chi connectivity index (χ0n) is 27.7. The maximum absolute atomic E-state index is 16.0. The van der Waals surface area contributed by atoms with Crippen molar-refractivity contribution in [3.05, 3.63) is 86.7 Å². The molecule has 268 valence electrons. The van der Waals surface area contributed by atoms with Gasteiger partial charge in [0.15, 0.2) is 11.6 Å². The summed E-state index contributed by atoms with van der Waals surface area (Å²) in [7, 11) is 0. The summed E-state index contributed by atoms with van der Waals surface area (Å²) in [4.78, 5) is 52.9. The number of benzene rings is 3. The van der Waals surface area contributed by atoms with E-state index in [4.69, 9.17) is 55.9 Å². The first-order chi connectivity index (χ1) is 22.9. The summed E-state index contributed by atoms with van der Waals surface area (Å²) < 4.78 is 53.8. The molecule has 0 bridgehead atoms. The van der Waals surface area contributed by atoms with Gasteiger partial charge in [0, 0.05) is 11.6 Å². The van der Waals surface area contributed by atoms with E-state index in [0.29, 0.717) is 11.1 Å². The number of alkyl halides is 2. The van der Waals surface area contributed by atoms with Gasteiger partial charge in [-0.05, 0) is 96.0 Å². The maximum atomic E-state index is 16.0. The molecule has 0 aromatic heterocycles. The number of imide groups is 1. The number of nitrogens with zero attached hydrogens (tertiary/aromatic N) is 1. The Kier molecular flexibility index (Phi) is 11.0. The van der Waals surface area contributed by atoms with Crippen LogP contribution in [0.2, 0.25) is 10.0 Å². The Morgan fingerprint density at radius 3 is 1.92 bits per heavy atom. The fourth-order valence-electron chi connectivity index (χ4n) is 4.90. The van der Waals surface area contributed by atoms with Crippen LogP contribution >= 0.6 is 46.4 Å². The van der Waals surface area contributed by atoms with Gasteiger partial charge in [-0.15, -0.1) is 23.2 Å². The van der Waals surface area contributed by atoms with Crippen LogP contribution in [0.25, 0.3) is 0 Å². The van der Waals surface area contributed by atoms with Crippen LogP contribution in [-0.2, 0) is 14.3 Å². The Hall–Kier alpha value is -3.71. The van der Waals surface area contributed by atoms with Gasteiger partial charge in [-0.2, -0.15) is 4.90 Å². The number of hydrogen-bond donors (Lipinski definition) is 2. The van der Waals surface area contributed by atoms with E-state index in [9.17, 15) is 23.6 Å². The van der Waals surface area contributed by atoms with Crippen molar-refractivity contribution in [3.8, 4) is 0 Å². The molecule has 0 aliphatic heterocycles. The quantitative estimate of drug-likeness (QED) is 0.241. The van der Waals surface area contributed by atoms with Crippen molar-refractivity contribution < 1.29 is 41.8 Å². The highest BCUT2D eigenvalue weighted by atomic mass is 35.5. The van der Waals surface area contributed by atoms with Crippen molar-refractivity contribution in [1.82, 2.24) is 0 Å². The van der Waals surface area contributed by atoms with Crippen molar-refractivity contribution in [2.24, 2.45) is 5.92 Å². The maximum Gasteiger partial charge on any atom is 0.424 e. The first-order valence-electron chi connectivity index (χ1n) is 14.9. The smallest absolute Gasteiger partial charge is 0.424 e. The summed E-state index contributed by atoms with van der Waals surface area (Å²) in [6.45, 7) is 10.4. The molecule has 1 saturated carbocycles. The zero-order valence-corrected chi connectivity index (χ0v) is 30.8. The summed E-state index contributed by atoms with van der Waals surface area (Å²) >= 11 is 25.1. The van der Waals surface area contributed by atoms with E-state index < -0.39 is 80.2 Å². The van der Waals surface area contributed by atoms with Crippen molar-refractivity contribution in [2.75, 3.05) is 15.5 Å². The van der Waals surface area contributed by atoms with Crippen LogP contribution in [0.1, 0.15) is 68.9 Å². The highest BCUT2D eigenvalue weighted by Crippen LogP contribution is 2.65. The van der Waals surface area contributed by atoms with Crippen LogP contribution in [0, 0.1) is 30.3 Å². The van der Waals surface area contributed by atoms with Crippen LogP contribution in [0.4, 0.5) is 39.8 Å². The predicted molar refractivity (Wildman–Crippen MR) is 186 cm³/mol. The number of anilines is 3. The number of halogens is 7. The monoisotopic (exact) mass is 775 g/mol. The lowest BCUT2D eigenvalue weighted by Crippen LogP contribution is -2.44. The van der Waals surface area contributed by atoms with Gasteiger partial charge in [0.2, 0.25) is 5.91 Å². The Labute approximate surface area is 306 Å². The van der Waals surface area contributed by atoms with Gasteiger partial charge in [-0.1, -0.05) is 29.3 Å². The number of carbonyl (C=O) groups is 4. The van der Waals surface area contributed by atoms with Crippen LogP contribution in [0.3, 0.4) is 0 Å². The Morgan fingerprint density at radius 1 is 0.820 bits per heavy atom. The van der Waals surface area contributed by atoms with E-state index in [-0.39, 0.29) is 26.2 Å². The van der Waals surface area contributed by atoms with E-state index in [1.54, 1.807) is 6.92 Å². The first-order valence-corrected chi connectivity index (χ1v) is 16.4. The number of rotatable bonds is 6. The van der Waals surface area contributed by atoms with Crippen LogP contribution in [-0.4, -0.2) is 39.5 Å². The minimum absolute atomic E-state index is 0.0584. The molecule has 50 heavy (non-hydrogen) atoms. The van der Waals surface area contributed by atoms with Crippen molar-refractivity contribution in [3.63, 3.8) is 0 Å². The Bertz CT molecular complexity index is 1870. The molecule has 0 saturated heterocycles. The lowest BCUT2D eigenvalue weighted by molar-refractivity contribution is -0.117. The van der Waals surface area contributed by atoms with E-state index in [1.165, 1.54) is 65.8 Å². The third kappa shape index (κ3) is 8.59. The van der Waals surface area contributed by atoms with E-state index in [0.717, 1.165) is 18.2 Å². The van der Waals surface area contributed by atoms with Crippen molar-refractivity contribution in [1.29, 1.82) is 0 Å². The molecule has 1 aliphatic carbocycles. The minimum Gasteiger partial charge on any atom is -0.443 e. The number of aryl methyl sites for hydroxylation is 1. The molecule has 0 radical (unpaired) electrons. The molecule has 4 amide bonds. The molecule has 3 aromatic carbocycles. The summed E-state index contributed by atoms with van der Waals surface area (Å²) in [5, 5.41) is 4.65. The number of carbonyl (C=O) groups excluding carboxylic acids is 4. The molecule has 0 unspecified atom stereocenters. The summed E-state index contributed by atoms with van der Waals surface area (Å²) in [5.74, 6) is -6.84. The topological polar surface area (TPSA) is 114 Å². The van der Waals surface area contributed by atoms with E-state index in [1.807, 2.05) is 0 Å². The number of amides is 4. The van der Waals surface area contributed by atoms with Gasteiger partial charge in [0.05, 0.1) is 27.2 Å². The lowest BCUT2D eigenvalue weighted by Gasteiger charge is -2.29. The second kappa shape index (κ2) is 14.1. The molecule has 1 fully saturated rings. The van der Waals surface area contributed by atoms with Gasteiger partial charge in [-0.25, -0.2) is 22.8 Å². The highest BCUT2D eigenvalue weighted by Gasteiger charge is 2.67. The van der Waals surface area contributed by atoms with Gasteiger partial charge < -0.3 is 20.1 Å². The van der Waals surface area contributed by atoms with E-state index in [2.05, 4.69) is 10.6 Å². The van der Waals surface area contributed by atoms with Gasteiger partial charge in [0.25, 0.3) is 5.91 Å². The number of ether oxygens (including phenoxy) is 2. The lowest BCUT2D eigenvalue weighted by atomic mass is 10.1. The standard InChI is InChI=1S/C34H32Cl4F3N3O6/c1-15-12-17(42-29(46)24-23(34(24,37)38)16-8-9-20(39)19(35)13-16)14-18(25(15)36)28(45)43-22-11-10-21(40)27(26(22)41)44(30(47)49-32(2,3)4)31(48)50-33(5,6)7/h8-14,23-24H,1-7H3,(H,42,46)(H,43,45)/t23-,24+/m0/s1. The van der Waals surface area contributed by atoms with Crippen LogP contribution in [0.5, 0.6) is 0 Å². The zero-order chi connectivity index (χ0) is 37.7. The molecule has 3 aromatic rings. The highest BCUT2D eigenvalue weighted by molar-refractivity contribution is 6.53. The Balaban J connectivity index is 1.63. The summed E-state index contributed by atoms with van der Waals surface area (Å²) in [6.07, 6.45) is -2.87. The second-order valence-corrected chi connectivity index (χ2v) is 15.7. The molecule has 9 nitrogen and oxygen atoms in total. The fourth-order valence-corrected chi connectivity index (χ4v) is 6.12. The molecule has 16 heteroatoms. The molecule has 4 rings (SSSR count). The second-order valence-electron chi connectivity index (χ2n) is 13.5. The molecule has 2 N–H and O–H groups in total. The fraction of sp³-hybridized carbons (Fsp3) is 0.353. The van der Waals surface area contributed by atoms with Gasteiger partial charge >= 0.3 is 12.2 Å². The van der Waals surface area contributed by atoms with Crippen molar-refractivity contribution >= 4 is 87.5 Å². The molecule has 0 spiro atoms. The predicted octanol–water partition coefficient (Wildman–Crippen LogP) is 10.2. The average Bonchev–Trinajstić information content (AvgIpc) is 3.55. The number of nitrogens with one attached hydrogen (secondary N) is 2. The van der Waals surface area contributed by atoms with Crippen LogP contribution in [0.15, 0.2) is 42.5 Å². The summed E-state index contributed by atoms with van der Waals surface area (Å²) in [5.41, 5.74) is -3.52. The Morgan fingerprint density at radius 2 is 1.38 bits per heavy atom. The summed E-state index contributed by atoms with van der Waals surface area (Å²) in [6, 6.07) is 8.12. The molecular formula is C34H32Cl4F3N3O6. The number of hydrogen-bond acceptors (Lipinski definition) is 6. The molecule has 2 atom stereocenters. The first kappa shape index (κ1) is 39.1. The molecular weight excluding hydrogens is 745 g/mol. The normalized spacial score (nSPS) is 16.7. The third-order valence-electron chi connectivity index (χ3n) is 7.10. The minimum atomic E-state index is -1.54. The van der Waals surface area contributed by atoms with Gasteiger partial charge in [-0.3, -0.25) is 9.59 Å². The largest absolute Gasteiger partial charge is 0.443 e. The van der Waals surface area contributed by atoms with Crippen molar-refractivity contribution in [2.45, 2.75) is 69.9 Å².